The van der Waals surface area contributed by atoms with Crippen LogP contribution in [0.5, 0.6) is 5.75 Å². The number of piperidine rings is 1. The van der Waals surface area contributed by atoms with Gasteiger partial charge in [0.15, 0.2) is 9.84 Å². The molecule has 5 rings (SSSR count). The van der Waals surface area contributed by atoms with E-state index in [4.69, 9.17) is 0 Å². The molecule has 2 fully saturated rings. The van der Waals surface area contributed by atoms with Gasteiger partial charge in [0, 0.05) is 23.9 Å². The van der Waals surface area contributed by atoms with Gasteiger partial charge in [-0.2, -0.15) is 0 Å². The van der Waals surface area contributed by atoms with Crippen LogP contribution in [0.15, 0.2) is 47.4 Å². The molecule has 0 radical (unpaired) electrons. The average molecular weight is 500 g/mol. The number of sulfone groups is 1. The molecule has 2 aromatic rings. The molecule has 1 N–H and O–H groups in total. The van der Waals surface area contributed by atoms with E-state index < -0.39 is 15.7 Å². The molecule has 1 saturated carbocycles. The lowest BCUT2D eigenvalue weighted by Crippen LogP contribution is -2.65. The summed E-state index contributed by atoms with van der Waals surface area (Å²) >= 11 is 0. The molecule has 188 valence electrons. The second kappa shape index (κ2) is 8.32. The number of amides is 1. The molecule has 0 spiro atoms. The molecular weight excluding hydrogens is 465 g/mol. The number of likely N-dealkylation sites (tertiary alicyclic amines) is 1. The second-order valence-corrected chi connectivity index (χ2v) is 13.4. The standard InChI is InChI=1S/C28H34FNO4S/c1-27(2)25-16-20-21(7-6-9-23(20)31)28(27,3)13-14-30(25)26(32)19-12-11-18(15-19)17-35(33,34)24-10-5-4-8-22(24)29/h4-10,18-19,25,31H,11-17H2,1-3H3/t18?,19-,25-,28+/m1/s1. The molecule has 1 amide bonds. The number of fused-ring (bicyclic) bond motifs is 4. The van der Waals surface area contributed by atoms with Crippen LogP contribution >= 0.6 is 0 Å². The first kappa shape index (κ1) is 24.3. The van der Waals surface area contributed by atoms with Crippen molar-refractivity contribution in [1.29, 1.82) is 0 Å². The number of hydrogen-bond donors (Lipinski definition) is 1. The molecular formula is C28H34FNO4S. The van der Waals surface area contributed by atoms with Gasteiger partial charge >= 0.3 is 0 Å². The summed E-state index contributed by atoms with van der Waals surface area (Å²) in [6.45, 7) is 7.36. The Morgan fingerprint density at radius 2 is 1.86 bits per heavy atom. The Labute approximate surface area is 207 Å². The minimum absolute atomic E-state index is 0.0317. The SMILES string of the molecule is CC1(C)[C@H]2Cc3c(O)cccc3[C@]1(C)CCN2C(=O)[C@@H]1CCC(CS(=O)(=O)c2ccccc2F)C1. The summed E-state index contributed by atoms with van der Waals surface area (Å²) in [5.41, 5.74) is 1.81. The fourth-order valence-electron chi connectivity index (χ4n) is 6.97. The summed E-state index contributed by atoms with van der Waals surface area (Å²) < 4.78 is 39.8. The highest BCUT2D eigenvalue weighted by Crippen LogP contribution is 2.57. The quantitative estimate of drug-likeness (QED) is 0.652. The van der Waals surface area contributed by atoms with E-state index in [9.17, 15) is 22.7 Å². The predicted molar refractivity (Wildman–Crippen MR) is 132 cm³/mol. The summed E-state index contributed by atoms with van der Waals surface area (Å²) in [6, 6.07) is 11.2. The van der Waals surface area contributed by atoms with Gasteiger partial charge in [-0.25, -0.2) is 12.8 Å². The normalized spacial score (nSPS) is 29.6. The smallest absolute Gasteiger partial charge is 0.225 e. The molecule has 5 nitrogen and oxygen atoms in total. The average Bonchev–Trinajstić information content (AvgIpc) is 3.24. The maximum atomic E-state index is 14.1. The van der Waals surface area contributed by atoms with Crippen LogP contribution in [0.4, 0.5) is 4.39 Å². The van der Waals surface area contributed by atoms with Crippen molar-refractivity contribution in [2.45, 2.75) is 69.2 Å². The molecule has 1 heterocycles. The fraction of sp³-hybridized carbons (Fsp3) is 0.536. The van der Waals surface area contributed by atoms with Gasteiger partial charge in [0.1, 0.15) is 16.5 Å². The summed E-state index contributed by atoms with van der Waals surface area (Å²) in [6.07, 6.45) is 3.24. The van der Waals surface area contributed by atoms with Gasteiger partial charge in [0.2, 0.25) is 5.91 Å². The first-order chi connectivity index (χ1) is 16.5. The molecule has 2 aromatic carbocycles. The number of nitrogens with zero attached hydrogens (tertiary/aromatic N) is 1. The number of phenols is 1. The number of aromatic hydroxyl groups is 1. The Balaban J connectivity index is 1.34. The first-order valence-electron chi connectivity index (χ1n) is 12.5. The lowest BCUT2D eigenvalue weighted by Gasteiger charge is -2.61. The second-order valence-electron chi connectivity index (χ2n) is 11.4. The van der Waals surface area contributed by atoms with Crippen molar-refractivity contribution in [3.63, 3.8) is 0 Å². The Morgan fingerprint density at radius 3 is 2.60 bits per heavy atom. The van der Waals surface area contributed by atoms with Crippen LogP contribution in [0.2, 0.25) is 0 Å². The van der Waals surface area contributed by atoms with Crippen molar-refractivity contribution in [2.24, 2.45) is 17.3 Å². The third kappa shape index (κ3) is 3.78. The number of benzene rings is 2. The molecule has 2 bridgehead atoms. The van der Waals surface area contributed by atoms with Gasteiger partial charge in [0.25, 0.3) is 0 Å². The summed E-state index contributed by atoms with van der Waals surface area (Å²) in [5.74, 6) is -0.851. The Bertz CT molecular complexity index is 1270. The Hall–Kier alpha value is -2.41. The molecule has 1 saturated heterocycles. The van der Waals surface area contributed by atoms with Crippen LogP contribution in [0, 0.1) is 23.1 Å². The van der Waals surface area contributed by atoms with E-state index in [0.29, 0.717) is 38.0 Å². The largest absolute Gasteiger partial charge is 0.508 e. The van der Waals surface area contributed by atoms with Crippen molar-refractivity contribution in [1.82, 2.24) is 4.90 Å². The van der Waals surface area contributed by atoms with E-state index in [2.05, 4.69) is 26.8 Å². The van der Waals surface area contributed by atoms with Crippen LogP contribution in [-0.2, 0) is 26.5 Å². The molecule has 1 aliphatic heterocycles. The Kier molecular flexibility index (Phi) is 5.78. The molecule has 3 aliphatic rings. The highest BCUT2D eigenvalue weighted by Gasteiger charge is 2.57. The molecule has 4 atom stereocenters. The van der Waals surface area contributed by atoms with Crippen molar-refractivity contribution < 1.29 is 22.7 Å². The van der Waals surface area contributed by atoms with Crippen molar-refractivity contribution >= 4 is 15.7 Å². The number of halogens is 1. The highest BCUT2D eigenvalue weighted by atomic mass is 32.2. The van der Waals surface area contributed by atoms with Crippen LogP contribution in [0.25, 0.3) is 0 Å². The third-order valence-corrected chi connectivity index (χ3v) is 11.3. The zero-order chi connectivity index (χ0) is 25.2. The first-order valence-corrected chi connectivity index (χ1v) is 14.2. The summed E-state index contributed by atoms with van der Waals surface area (Å²) in [7, 11) is -3.75. The molecule has 7 heteroatoms. The maximum absolute atomic E-state index is 14.1. The number of rotatable bonds is 4. The summed E-state index contributed by atoms with van der Waals surface area (Å²) in [5, 5.41) is 10.6. The van der Waals surface area contributed by atoms with Crippen molar-refractivity contribution in [3.8, 4) is 5.75 Å². The fourth-order valence-corrected chi connectivity index (χ4v) is 8.73. The Morgan fingerprint density at radius 1 is 1.11 bits per heavy atom. The monoisotopic (exact) mass is 499 g/mol. The van der Waals surface area contributed by atoms with Gasteiger partial charge in [-0.3, -0.25) is 4.79 Å². The lowest BCUT2D eigenvalue weighted by molar-refractivity contribution is -0.148. The highest BCUT2D eigenvalue weighted by molar-refractivity contribution is 7.91. The van der Waals surface area contributed by atoms with Gasteiger partial charge in [-0.15, -0.1) is 0 Å². The maximum Gasteiger partial charge on any atom is 0.225 e. The van der Waals surface area contributed by atoms with E-state index in [1.807, 2.05) is 11.0 Å². The third-order valence-electron chi connectivity index (χ3n) is 9.43. The van der Waals surface area contributed by atoms with Crippen molar-refractivity contribution in [3.05, 3.63) is 59.4 Å². The molecule has 35 heavy (non-hydrogen) atoms. The molecule has 0 aromatic heterocycles. The van der Waals surface area contributed by atoms with Crippen molar-refractivity contribution in [2.75, 3.05) is 12.3 Å². The van der Waals surface area contributed by atoms with Crippen LogP contribution in [-0.4, -0.2) is 42.7 Å². The summed E-state index contributed by atoms with van der Waals surface area (Å²) in [4.78, 5) is 15.5. The lowest BCUT2D eigenvalue weighted by atomic mass is 9.51. The predicted octanol–water partition coefficient (Wildman–Crippen LogP) is 4.86. The number of carbonyl (C=O) groups is 1. The van der Waals surface area contributed by atoms with Gasteiger partial charge in [-0.1, -0.05) is 45.0 Å². The zero-order valence-electron chi connectivity index (χ0n) is 20.6. The van der Waals surface area contributed by atoms with Crippen LogP contribution in [0.3, 0.4) is 0 Å². The molecule has 2 aliphatic carbocycles. The molecule has 1 unspecified atom stereocenters. The minimum Gasteiger partial charge on any atom is -0.508 e. The topological polar surface area (TPSA) is 74.7 Å². The number of hydrogen-bond acceptors (Lipinski definition) is 4. The zero-order valence-corrected chi connectivity index (χ0v) is 21.4. The van der Waals surface area contributed by atoms with E-state index in [0.717, 1.165) is 12.0 Å². The van der Waals surface area contributed by atoms with E-state index in [1.165, 1.54) is 29.8 Å². The van der Waals surface area contributed by atoms with Gasteiger partial charge in [0.05, 0.1) is 5.75 Å². The van der Waals surface area contributed by atoms with E-state index >= 15 is 0 Å². The van der Waals surface area contributed by atoms with E-state index in [1.54, 1.807) is 6.07 Å². The van der Waals surface area contributed by atoms with Crippen LogP contribution < -0.4 is 0 Å². The van der Waals surface area contributed by atoms with Gasteiger partial charge in [-0.05, 0) is 72.8 Å². The van der Waals surface area contributed by atoms with Gasteiger partial charge < -0.3 is 10.0 Å². The van der Waals surface area contributed by atoms with E-state index in [-0.39, 0.29) is 45.3 Å². The van der Waals surface area contributed by atoms with Crippen LogP contribution in [0.1, 0.15) is 57.6 Å². The number of phenolic OH excluding ortho intramolecular Hbond substituents is 1. The number of carbonyl (C=O) groups excluding carboxylic acids is 1. The minimum atomic E-state index is -3.75.